The van der Waals surface area contributed by atoms with E-state index < -0.39 is 15.9 Å². The number of nitrogens with zero attached hydrogens (tertiary/aromatic N) is 2. The molecular weight excluding hydrogens is 416 g/mol. The van der Waals surface area contributed by atoms with E-state index in [-0.39, 0.29) is 23.0 Å². The fourth-order valence-corrected chi connectivity index (χ4v) is 4.68. The van der Waals surface area contributed by atoms with E-state index in [4.69, 9.17) is 0 Å². The van der Waals surface area contributed by atoms with E-state index >= 15 is 0 Å². The lowest BCUT2D eigenvalue weighted by atomic mass is 9.99. The molecule has 0 spiro atoms. The number of nitrogens with one attached hydrogen (secondary N) is 2. The Morgan fingerprint density at radius 1 is 1.19 bits per heavy atom. The number of aryl methyl sites for hydroxylation is 2. The number of amides is 2. The summed E-state index contributed by atoms with van der Waals surface area (Å²) in [6.07, 6.45) is 3.18. The Kier molecular flexibility index (Phi) is 6.86. The summed E-state index contributed by atoms with van der Waals surface area (Å²) in [5, 5.41) is 2.76. The third kappa shape index (κ3) is 5.34. The van der Waals surface area contributed by atoms with Gasteiger partial charge in [-0.1, -0.05) is 19.1 Å². The van der Waals surface area contributed by atoms with Crippen molar-refractivity contribution in [1.82, 2.24) is 14.2 Å². The van der Waals surface area contributed by atoms with Gasteiger partial charge in [0, 0.05) is 32.0 Å². The van der Waals surface area contributed by atoms with Gasteiger partial charge >= 0.3 is 0 Å². The third-order valence-corrected chi connectivity index (χ3v) is 7.48. The molecule has 1 fully saturated rings. The van der Waals surface area contributed by atoms with Gasteiger partial charge in [-0.05, 0) is 55.9 Å². The average molecular weight is 447 g/mol. The SMILES string of the molecule is Cc1ccc(C)c(NC(=O)CN(C)S(=O)(=O)c2c[nH]c(C(=O)N3CCC(C)CC3)c2)c1. The minimum atomic E-state index is -3.93. The number of anilines is 1. The highest BCUT2D eigenvalue weighted by Gasteiger charge is 2.27. The van der Waals surface area contributed by atoms with Crippen LogP contribution in [0.5, 0.6) is 0 Å². The predicted octanol–water partition coefficient (Wildman–Crippen LogP) is 2.76. The van der Waals surface area contributed by atoms with E-state index in [0.717, 1.165) is 28.3 Å². The van der Waals surface area contributed by atoms with Crippen LogP contribution in [0.3, 0.4) is 0 Å². The number of aromatic amines is 1. The summed E-state index contributed by atoms with van der Waals surface area (Å²) in [5.74, 6) is -0.0512. The predicted molar refractivity (Wildman–Crippen MR) is 119 cm³/mol. The number of benzene rings is 1. The van der Waals surface area contributed by atoms with Crippen LogP contribution in [0.4, 0.5) is 5.69 Å². The fourth-order valence-electron chi connectivity index (χ4n) is 3.56. The average Bonchev–Trinajstić information content (AvgIpc) is 3.22. The summed E-state index contributed by atoms with van der Waals surface area (Å²) in [4.78, 5) is 29.6. The summed E-state index contributed by atoms with van der Waals surface area (Å²) in [7, 11) is -2.58. The van der Waals surface area contributed by atoms with Crippen LogP contribution in [0.1, 0.15) is 41.4 Å². The molecule has 0 atom stereocenters. The molecule has 168 valence electrons. The van der Waals surface area contributed by atoms with E-state index in [2.05, 4.69) is 17.2 Å². The number of carbonyl (C=O) groups is 2. The molecular formula is C22H30N4O4S. The normalized spacial score (nSPS) is 15.3. The summed E-state index contributed by atoms with van der Waals surface area (Å²) in [6.45, 7) is 6.94. The Labute approximate surface area is 183 Å². The van der Waals surface area contributed by atoms with Crippen LogP contribution < -0.4 is 5.32 Å². The molecule has 2 amide bonds. The molecule has 2 heterocycles. The number of likely N-dealkylation sites (tertiary alicyclic amines) is 1. The van der Waals surface area contributed by atoms with Crippen molar-refractivity contribution >= 4 is 27.5 Å². The van der Waals surface area contributed by atoms with Crippen molar-refractivity contribution < 1.29 is 18.0 Å². The molecule has 2 N–H and O–H groups in total. The lowest BCUT2D eigenvalue weighted by Crippen LogP contribution is -2.38. The van der Waals surface area contributed by atoms with E-state index in [1.807, 2.05) is 32.0 Å². The van der Waals surface area contributed by atoms with E-state index in [1.165, 1.54) is 19.3 Å². The van der Waals surface area contributed by atoms with Crippen LogP contribution in [0.15, 0.2) is 35.4 Å². The third-order valence-electron chi connectivity index (χ3n) is 5.70. The van der Waals surface area contributed by atoms with Crippen molar-refractivity contribution in [2.75, 3.05) is 32.0 Å². The van der Waals surface area contributed by atoms with E-state index in [1.54, 1.807) is 4.90 Å². The van der Waals surface area contributed by atoms with Gasteiger partial charge in [-0.2, -0.15) is 4.31 Å². The minimum absolute atomic E-state index is 0.0386. The van der Waals surface area contributed by atoms with Gasteiger partial charge in [-0.25, -0.2) is 8.42 Å². The second-order valence-electron chi connectivity index (χ2n) is 8.35. The Morgan fingerprint density at radius 2 is 1.87 bits per heavy atom. The Morgan fingerprint density at radius 3 is 2.55 bits per heavy atom. The van der Waals surface area contributed by atoms with Gasteiger partial charge in [-0.15, -0.1) is 0 Å². The monoisotopic (exact) mass is 446 g/mol. The number of hydrogen-bond donors (Lipinski definition) is 2. The molecule has 2 aromatic rings. The number of carbonyl (C=O) groups excluding carboxylic acids is 2. The van der Waals surface area contributed by atoms with Gasteiger partial charge < -0.3 is 15.2 Å². The van der Waals surface area contributed by atoms with Crippen LogP contribution in [0.2, 0.25) is 0 Å². The molecule has 8 nitrogen and oxygen atoms in total. The Balaban J connectivity index is 1.66. The Hall–Kier alpha value is -2.65. The first kappa shape index (κ1) is 23.0. The van der Waals surface area contributed by atoms with Crippen molar-refractivity contribution in [3.63, 3.8) is 0 Å². The second kappa shape index (κ2) is 9.23. The number of sulfonamides is 1. The van der Waals surface area contributed by atoms with Gasteiger partial charge in [0.1, 0.15) is 10.6 Å². The molecule has 31 heavy (non-hydrogen) atoms. The van der Waals surface area contributed by atoms with Crippen molar-refractivity contribution in [3.8, 4) is 0 Å². The van der Waals surface area contributed by atoms with Crippen molar-refractivity contribution in [2.45, 2.75) is 38.5 Å². The van der Waals surface area contributed by atoms with Crippen LogP contribution >= 0.6 is 0 Å². The van der Waals surface area contributed by atoms with E-state index in [9.17, 15) is 18.0 Å². The zero-order valence-corrected chi connectivity index (χ0v) is 19.3. The maximum atomic E-state index is 12.9. The summed E-state index contributed by atoms with van der Waals surface area (Å²) >= 11 is 0. The zero-order valence-electron chi connectivity index (χ0n) is 18.4. The van der Waals surface area contributed by atoms with Gasteiger partial charge in [0.05, 0.1) is 6.54 Å². The quantitative estimate of drug-likeness (QED) is 0.712. The first-order chi connectivity index (χ1) is 14.6. The molecule has 0 unspecified atom stereocenters. The number of hydrogen-bond acceptors (Lipinski definition) is 4. The van der Waals surface area contributed by atoms with Crippen LogP contribution in [-0.4, -0.2) is 61.1 Å². The first-order valence-corrected chi connectivity index (χ1v) is 11.8. The van der Waals surface area contributed by atoms with Crippen LogP contribution in [-0.2, 0) is 14.8 Å². The van der Waals surface area contributed by atoms with Gasteiger partial charge in [0.15, 0.2) is 0 Å². The fraction of sp³-hybridized carbons (Fsp3) is 0.455. The Bertz CT molecular complexity index is 1070. The molecule has 9 heteroatoms. The van der Waals surface area contributed by atoms with Gasteiger partial charge in [0.2, 0.25) is 15.9 Å². The van der Waals surface area contributed by atoms with E-state index in [0.29, 0.717) is 24.7 Å². The molecule has 1 aliphatic rings. The first-order valence-electron chi connectivity index (χ1n) is 10.4. The summed E-state index contributed by atoms with van der Waals surface area (Å²) < 4.78 is 26.8. The molecule has 0 aliphatic carbocycles. The number of likely N-dealkylation sites (N-methyl/N-ethyl adjacent to an activating group) is 1. The van der Waals surface area contributed by atoms with Crippen molar-refractivity contribution in [3.05, 3.63) is 47.3 Å². The molecule has 0 saturated carbocycles. The maximum absolute atomic E-state index is 12.9. The lowest BCUT2D eigenvalue weighted by Gasteiger charge is -2.29. The van der Waals surface area contributed by atoms with Crippen molar-refractivity contribution in [1.29, 1.82) is 0 Å². The standard InChI is InChI=1S/C22H30N4O4S/c1-15-7-9-26(10-8-15)22(28)20-12-18(13-23-20)31(29,30)25(4)14-21(27)24-19-11-16(2)5-6-17(19)3/h5-6,11-13,15,23H,7-10,14H2,1-4H3,(H,24,27). The summed E-state index contributed by atoms with van der Waals surface area (Å²) in [5.41, 5.74) is 2.78. The molecule has 1 aromatic heterocycles. The number of aromatic nitrogens is 1. The highest BCUT2D eigenvalue weighted by molar-refractivity contribution is 7.89. The van der Waals surface area contributed by atoms with Crippen molar-refractivity contribution in [2.24, 2.45) is 5.92 Å². The molecule has 0 radical (unpaired) electrons. The van der Waals surface area contributed by atoms with Crippen LogP contribution in [0.25, 0.3) is 0 Å². The molecule has 1 aliphatic heterocycles. The second-order valence-corrected chi connectivity index (χ2v) is 10.4. The molecule has 1 aromatic carbocycles. The zero-order chi connectivity index (χ0) is 22.8. The van der Waals surface area contributed by atoms with Crippen LogP contribution in [0, 0.1) is 19.8 Å². The number of rotatable bonds is 6. The minimum Gasteiger partial charge on any atom is -0.356 e. The lowest BCUT2D eigenvalue weighted by molar-refractivity contribution is -0.116. The number of H-pyrrole nitrogens is 1. The largest absolute Gasteiger partial charge is 0.356 e. The molecule has 3 rings (SSSR count). The topological polar surface area (TPSA) is 103 Å². The highest BCUT2D eigenvalue weighted by atomic mass is 32.2. The van der Waals surface area contributed by atoms with Gasteiger partial charge in [-0.3, -0.25) is 9.59 Å². The molecule has 0 bridgehead atoms. The maximum Gasteiger partial charge on any atom is 0.270 e. The highest BCUT2D eigenvalue weighted by Crippen LogP contribution is 2.21. The smallest absolute Gasteiger partial charge is 0.270 e. The summed E-state index contributed by atoms with van der Waals surface area (Å²) in [6, 6.07) is 7.02. The number of piperidine rings is 1. The molecule has 1 saturated heterocycles. The van der Waals surface area contributed by atoms with Gasteiger partial charge in [0.25, 0.3) is 5.91 Å².